The van der Waals surface area contributed by atoms with E-state index in [9.17, 15) is 4.39 Å². The Balaban J connectivity index is 1.71. The standard InChI is InChI=1S/C16H14FN3S/c1-11-6-7-18-9-15(11)19-8-14-10-21-16(20-14)12-2-4-13(17)5-3-12/h2-7,9-10,19H,8H2,1H3. The van der Waals surface area contributed by atoms with Crippen molar-refractivity contribution < 1.29 is 4.39 Å². The second kappa shape index (κ2) is 6.01. The van der Waals surface area contributed by atoms with Crippen molar-refractivity contribution in [2.45, 2.75) is 13.5 Å². The van der Waals surface area contributed by atoms with Gasteiger partial charge in [-0.25, -0.2) is 9.37 Å². The maximum absolute atomic E-state index is 12.9. The zero-order valence-electron chi connectivity index (χ0n) is 11.5. The summed E-state index contributed by atoms with van der Waals surface area (Å²) >= 11 is 1.56. The summed E-state index contributed by atoms with van der Waals surface area (Å²) in [7, 11) is 0. The van der Waals surface area contributed by atoms with Crippen molar-refractivity contribution in [1.82, 2.24) is 9.97 Å². The third kappa shape index (κ3) is 3.25. The maximum atomic E-state index is 12.9. The number of halogens is 1. The summed E-state index contributed by atoms with van der Waals surface area (Å²) in [6, 6.07) is 8.36. The van der Waals surface area contributed by atoms with Gasteiger partial charge in [0.15, 0.2) is 0 Å². The second-order valence-electron chi connectivity index (χ2n) is 4.70. The lowest BCUT2D eigenvalue weighted by Gasteiger charge is -2.06. The van der Waals surface area contributed by atoms with Gasteiger partial charge < -0.3 is 5.32 Å². The van der Waals surface area contributed by atoms with Crippen molar-refractivity contribution >= 4 is 17.0 Å². The zero-order valence-corrected chi connectivity index (χ0v) is 12.3. The van der Waals surface area contributed by atoms with Crippen LogP contribution >= 0.6 is 11.3 Å². The summed E-state index contributed by atoms with van der Waals surface area (Å²) < 4.78 is 12.9. The topological polar surface area (TPSA) is 37.8 Å². The molecular formula is C16H14FN3S. The van der Waals surface area contributed by atoms with E-state index in [0.717, 1.165) is 27.5 Å². The van der Waals surface area contributed by atoms with Crippen LogP contribution in [0, 0.1) is 12.7 Å². The summed E-state index contributed by atoms with van der Waals surface area (Å²) in [5, 5.41) is 6.23. The van der Waals surface area contributed by atoms with Crippen LogP contribution in [0.3, 0.4) is 0 Å². The molecule has 0 atom stereocenters. The van der Waals surface area contributed by atoms with Gasteiger partial charge in [0.25, 0.3) is 0 Å². The van der Waals surface area contributed by atoms with E-state index >= 15 is 0 Å². The molecule has 1 N–H and O–H groups in total. The highest BCUT2D eigenvalue weighted by atomic mass is 32.1. The van der Waals surface area contributed by atoms with Gasteiger partial charge in [-0.15, -0.1) is 11.3 Å². The molecule has 0 unspecified atom stereocenters. The third-order valence-electron chi connectivity index (χ3n) is 3.14. The number of hydrogen-bond acceptors (Lipinski definition) is 4. The SMILES string of the molecule is Cc1ccncc1NCc1csc(-c2ccc(F)cc2)n1. The molecule has 0 spiro atoms. The summed E-state index contributed by atoms with van der Waals surface area (Å²) in [5.41, 5.74) is 4.06. The van der Waals surface area contributed by atoms with Gasteiger partial charge in [-0.1, -0.05) is 0 Å². The molecule has 3 aromatic rings. The van der Waals surface area contributed by atoms with Gasteiger partial charge in [-0.3, -0.25) is 4.98 Å². The molecule has 2 aromatic heterocycles. The van der Waals surface area contributed by atoms with E-state index in [0.29, 0.717) is 6.54 Å². The Hall–Kier alpha value is -2.27. The van der Waals surface area contributed by atoms with Gasteiger partial charge in [-0.05, 0) is 42.8 Å². The lowest BCUT2D eigenvalue weighted by Crippen LogP contribution is -2.01. The molecule has 21 heavy (non-hydrogen) atoms. The highest BCUT2D eigenvalue weighted by molar-refractivity contribution is 7.13. The fourth-order valence-electron chi connectivity index (χ4n) is 1.95. The first-order valence-electron chi connectivity index (χ1n) is 6.57. The van der Waals surface area contributed by atoms with E-state index < -0.39 is 0 Å². The number of nitrogens with zero attached hydrogens (tertiary/aromatic N) is 2. The monoisotopic (exact) mass is 299 g/mol. The van der Waals surface area contributed by atoms with Crippen LogP contribution in [-0.4, -0.2) is 9.97 Å². The molecule has 0 radical (unpaired) electrons. The van der Waals surface area contributed by atoms with Crippen LogP contribution in [0.4, 0.5) is 10.1 Å². The summed E-state index contributed by atoms with van der Waals surface area (Å²) in [6.45, 7) is 2.68. The third-order valence-corrected chi connectivity index (χ3v) is 4.08. The van der Waals surface area contributed by atoms with Gasteiger partial charge in [-0.2, -0.15) is 0 Å². The Morgan fingerprint density at radius 2 is 2.00 bits per heavy atom. The number of nitrogens with one attached hydrogen (secondary N) is 1. The molecule has 3 rings (SSSR count). The number of aryl methyl sites for hydroxylation is 1. The summed E-state index contributed by atoms with van der Waals surface area (Å²) in [4.78, 5) is 8.67. The van der Waals surface area contributed by atoms with Crippen molar-refractivity contribution in [1.29, 1.82) is 0 Å². The van der Waals surface area contributed by atoms with Crippen molar-refractivity contribution in [3.63, 3.8) is 0 Å². The minimum atomic E-state index is -0.232. The first-order chi connectivity index (χ1) is 10.2. The Morgan fingerprint density at radius 3 is 2.76 bits per heavy atom. The van der Waals surface area contributed by atoms with E-state index in [1.54, 1.807) is 29.7 Å². The van der Waals surface area contributed by atoms with Crippen molar-refractivity contribution in [3.05, 3.63) is 65.2 Å². The van der Waals surface area contributed by atoms with Crippen molar-refractivity contribution in [2.24, 2.45) is 0 Å². The van der Waals surface area contributed by atoms with Crippen molar-refractivity contribution in [3.8, 4) is 10.6 Å². The van der Waals surface area contributed by atoms with Gasteiger partial charge in [0.2, 0.25) is 0 Å². The molecule has 2 heterocycles. The summed E-state index contributed by atoms with van der Waals surface area (Å²) in [6.07, 6.45) is 3.58. The molecule has 0 saturated heterocycles. The van der Waals surface area contributed by atoms with E-state index in [1.807, 2.05) is 24.6 Å². The van der Waals surface area contributed by atoms with E-state index in [1.165, 1.54) is 12.1 Å². The largest absolute Gasteiger partial charge is 0.378 e. The smallest absolute Gasteiger partial charge is 0.123 e. The van der Waals surface area contributed by atoms with Crippen LogP contribution in [0.15, 0.2) is 48.1 Å². The van der Waals surface area contributed by atoms with Crippen molar-refractivity contribution in [2.75, 3.05) is 5.32 Å². The molecular weight excluding hydrogens is 285 g/mol. The van der Waals surface area contributed by atoms with Gasteiger partial charge in [0, 0.05) is 17.1 Å². The highest BCUT2D eigenvalue weighted by Crippen LogP contribution is 2.24. The predicted molar refractivity (Wildman–Crippen MR) is 83.8 cm³/mol. The minimum absolute atomic E-state index is 0.232. The molecule has 5 heteroatoms. The average molecular weight is 299 g/mol. The molecule has 0 aliphatic heterocycles. The van der Waals surface area contributed by atoms with E-state index in [-0.39, 0.29) is 5.82 Å². The lowest BCUT2D eigenvalue weighted by molar-refractivity contribution is 0.628. The van der Waals surface area contributed by atoms with Crippen LogP contribution < -0.4 is 5.32 Å². The summed E-state index contributed by atoms with van der Waals surface area (Å²) in [5.74, 6) is -0.232. The number of anilines is 1. The molecule has 0 amide bonds. The molecule has 0 saturated carbocycles. The van der Waals surface area contributed by atoms with Crippen LogP contribution in [-0.2, 0) is 6.54 Å². The number of benzene rings is 1. The Labute approximate surface area is 126 Å². The normalized spacial score (nSPS) is 10.6. The van der Waals surface area contributed by atoms with Gasteiger partial charge in [0.05, 0.1) is 24.1 Å². The Kier molecular flexibility index (Phi) is 3.92. The van der Waals surface area contributed by atoms with Crippen LogP contribution in [0.25, 0.3) is 10.6 Å². The van der Waals surface area contributed by atoms with E-state index in [4.69, 9.17) is 0 Å². The second-order valence-corrected chi connectivity index (χ2v) is 5.55. The number of pyridine rings is 1. The first kappa shape index (κ1) is 13.7. The minimum Gasteiger partial charge on any atom is -0.378 e. The van der Waals surface area contributed by atoms with Crippen LogP contribution in [0.5, 0.6) is 0 Å². The van der Waals surface area contributed by atoms with E-state index in [2.05, 4.69) is 15.3 Å². The molecule has 0 aliphatic rings. The van der Waals surface area contributed by atoms with Gasteiger partial charge in [0.1, 0.15) is 10.8 Å². The first-order valence-corrected chi connectivity index (χ1v) is 7.45. The fourth-order valence-corrected chi connectivity index (χ4v) is 2.77. The number of thiazole rings is 1. The van der Waals surface area contributed by atoms with Gasteiger partial charge >= 0.3 is 0 Å². The molecule has 3 nitrogen and oxygen atoms in total. The lowest BCUT2D eigenvalue weighted by atomic mass is 10.2. The Morgan fingerprint density at radius 1 is 1.19 bits per heavy atom. The molecule has 106 valence electrons. The molecule has 0 bridgehead atoms. The Bertz CT molecular complexity index is 737. The average Bonchev–Trinajstić information content (AvgIpc) is 2.96. The highest BCUT2D eigenvalue weighted by Gasteiger charge is 2.05. The zero-order chi connectivity index (χ0) is 14.7. The number of aromatic nitrogens is 2. The number of rotatable bonds is 4. The quantitative estimate of drug-likeness (QED) is 0.782. The fraction of sp³-hybridized carbons (Fsp3) is 0.125. The predicted octanol–water partition coefficient (Wildman–Crippen LogP) is 4.26. The number of hydrogen-bond donors (Lipinski definition) is 1. The molecule has 1 aromatic carbocycles. The maximum Gasteiger partial charge on any atom is 0.123 e. The molecule has 0 aliphatic carbocycles. The van der Waals surface area contributed by atoms with Crippen LogP contribution in [0.2, 0.25) is 0 Å². The van der Waals surface area contributed by atoms with Crippen LogP contribution in [0.1, 0.15) is 11.3 Å². The molecule has 0 fully saturated rings.